The summed E-state index contributed by atoms with van der Waals surface area (Å²) in [6, 6.07) is 0. The van der Waals surface area contributed by atoms with Gasteiger partial charge in [-0.2, -0.15) is 0 Å². The molecule has 0 heterocycles. The monoisotopic (exact) mass is 314 g/mol. The standard InChI is InChI=1S/C16H26O6/c17-13(15(19)21-11-7-3-1-4-8-11)14(18)16(20)22-12-9-5-2-6-10-12/h11-14,17-18H,1-10H2/t13-,14-/m1/s1. The minimum Gasteiger partial charge on any atom is -0.460 e. The highest BCUT2D eigenvalue weighted by Crippen LogP contribution is 2.22. The van der Waals surface area contributed by atoms with Crippen molar-refractivity contribution in [2.24, 2.45) is 0 Å². The normalized spacial score (nSPS) is 23.5. The van der Waals surface area contributed by atoms with Gasteiger partial charge in [-0.1, -0.05) is 12.8 Å². The molecule has 0 saturated heterocycles. The lowest BCUT2D eigenvalue weighted by molar-refractivity contribution is -0.180. The second-order valence-corrected chi connectivity index (χ2v) is 6.28. The first-order chi connectivity index (χ1) is 10.6. The number of aliphatic hydroxyl groups is 2. The zero-order valence-corrected chi connectivity index (χ0v) is 12.9. The molecule has 2 aliphatic rings. The smallest absolute Gasteiger partial charge is 0.338 e. The molecule has 2 aliphatic carbocycles. The highest BCUT2D eigenvalue weighted by Gasteiger charge is 2.35. The lowest BCUT2D eigenvalue weighted by Gasteiger charge is -2.26. The predicted octanol–water partition coefficient (Wildman–Crippen LogP) is 1.46. The molecule has 0 aliphatic heterocycles. The predicted molar refractivity (Wildman–Crippen MR) is 77.9 cm³/mol. The van der Waals surface area contributed by atoms with Crippen molar-refractivity contribution in [1.82, 2.24) is 0 Å². The molecule has 0 amide bonds. The average molecular weight is 314 g/mol. The maximum absolute atomic E-state index is 11.8. The Morgan fingerprint density at radius 1 is 0.682 bits per heavy atom. The van der Waals surface area contributed by atoms with Crippen molar-refractivity contribution in [2.75, 3.05) is 0 Å². The fraction of sp³-hybridized carbons (Fsp3) is 0.875. The van der Waals surface area contributed by atoms with E-state index in [1.165, 1.54) is 0 Å². The van der Waals surface area contributed by atoms with Crippen LogP contribution in [0.15, 0.2) is 0 Å². The second-order valence-electron chi connectivity index (χ2n) is 6.28. The van der Waals surface area contributed by atoms with Gasteiger partial charge in [0.05, 0.1) is 0 Å². The molecule has 2 atom stereocenters. The minimum absolute atomic E-state index is 0.225. The third kappa shape index (κ3) is 4.95. The topological polar surface area (TPSA) is 93.1 Å². The Bertz CT molecular complexity index is 335. The summed E-state index contributed by atoms with van der Waals surface area (Å²) < 4.78 is 10.3. The summed E-state index contributed by atoms with van der Waals surface area (Å²) in [5.41, 5.74) is 0. The van der Waals surface area contributed by atoms with Crippen molar-refractivity contribution in [3.63, 3.8) is 0 Å². The van der Waals surface area contributed by atoms with Gasteiger partial charge in [0.25, 0.3) is 0 Å². The minimum atomic E-state index is -1.88. The number of ether oxygens (including phenoxy) is 2. The molecule has 2 fully saturated rings. The Kier molecular flexibility index (Phi) is 6.64. The van der Waals surface area contributed by atoms with Crippen LogP contribution in [0.4, 0.5) is 0 Å². The molecule has 2 saturated carbocycles. The van der Waals surface area contributed by atoms with Gasteiger partial charge in [-0.15, -0.1) is 0 Å². The van der Waals surface area contributed by atoms with E-state index < -0.39 is 24.1 Å². The molecule has 0 aromatic heterocycles. The number of esters is 2. The van der Waals surface area contributed by atoms with Crippen LogP contribution in [0, 0.1) is 0 Å². The first-order valence-electron chi connectivity index (χ1n) is 8.35. The third-order valence-electron chi connectivity index (χ3n) is 4.45. The van der Waals surface area contributed by atoms with Gasteiger partial charge in [0, 0.05) is 0 Å². The summed E-state index contributed by atoms with van der Waals surface area (Å²) in [7, 11) is 0. The van der Waals surface area contributed by atoms with Crippen molar-refractivity contribution in [2.45, 2.75) is 88.6 Å². The Labute approximate surface area is 130 Å². The Balaban J connectivity index is 1.77. The third-order valence-corrected chi connectivity index (χ3v) is 4.45. The molecule has 0 aromatic rings. The largest absolute Gasteiger partial charge is 0.460 e. The zero-order chi connectivity index (χ0) is 15.9. The molecule has 0 bridgehead atoms. The Morgan fingerprint density at radius 2 is 1.00 bits per heavy atom. The highest BCUT2D eigenvalue weighted by atomic mass is 16.6. The number of hydrogen-bond donors (Lipinski definition) is 2. The van der Waals surface area contributed by atoms with E-state index >= 15 is 0 Å². The van der Waals surface area contributed by atoms with Crippen LogP contribution >= 0.6 is 0 Å². The quantitative estimate of drug-likeness (QED) is 0.746. The summed E-state index contributed by atoms with van der Waals surface area (Å²) >= 11 is 0. The number of carbonyl (C=O) groups excluding carboxylic acids is 2. The van der Waals surface area contributed by atoms with E-state index in [2.05, 4.69) is 0 Å². The van der Waals surface area contributed by atoms with E-state index in [0.717, 1.165) is 64.2 Å². The van der Waals surface area contributed by atoms with Crippen molar-refractivity contribution >= 4 is 11.9 Å². The molecule has 0 aromatic carbocycles. The lowest BCUT2D eigenvalue weighted by atomic mass is 9.97. The molecule has 2 rings (SSSR count). The van der Waals surface area contributed by atoms with Gasteiger partial charge >= 0.3 is 11.9 Å². The Morgan fingerprint density at radius 3 is 1.32 bits per heavy atom. The van der Waals surface area contributed by atoms with Crippen LogP contribution in [-0.4, -0.2) is 46.6 Å². The molecule has 22 heavy (non-hydrogen) atoms. The summed E-state index contributed by atoms with van der Waals surface area (Å²) in [5.74, 6) is -1.89. The molecular formula is C16H26O6. The SMILES string of the molecule is O=C(OC1CCCCC1)[C@H](O)[C@@H](O)C(=O)OC1CCCCC1. The van der Waals surface area contributed by atoms with E-state index in [4.69, 9.17) is 9.47 Å². The van der Waals surface area contributed by atoms with E-state index in [1.807, 2.05) is 0 Å². The van der Waals surface area contributed by atoms with Crippen molar-refractivity contribution in [3.8, 4) is 0 Å². The van der Waals surface area contributed by atoms with E-state index in [9.17, 15) is 19.8 Å². The van der Waals surface area contributed by atoms with Gasteiger partial charge in [0.15, 0.2) is 12.2 Å². The molecule has 126 valence electrons. The van der Waals surface area contributed by atoms with Crippen LogP contribution in [-0.2, 0) is 19.1 Å². The van der Waals surface area contributed by atoms with E-state index in [1.54, 1.807) is 0 Å². The van der Waals surface area contributed by atoms with Gasteiger partial charge in [-0.25, -0.2) is 9.59 Å². The van der Waals surface area contributed by atoms with Crippen LogP contribution in [0.25, 0.3) is 0 Å². The summed E-state index contributed by atoms with van der Waals surface area (Å²) in [6.07, 6.45) is 5.04. The molecule has 6 nitrogen and oxygen atoms in total. The molecule has 0 unspecified atom stereocenters. The number of aliphatic hydroxyl groups excluding tert-OH is 2. The number of rotatable bonds is 5. The van der Waals surface area contributed by atoms with Gasteiger partial charge in [-0.05, 0) is 51.4 Å². The molecule has 2 N–H and O–H groups in total. The van der Waals surface area contributed by atoms with Crippen molar-refractivity contribution < 1.29 is 29.3 Å². The van der Waals surface area contributed by atoms with Crippen LogP contribution in [0.5, 0.6) is 0 Å². The van der Waals surface area contributed by atoms with Crippen molar-refractivity contribution in [3.05, 3.63) is 0 Å². The maximum Gasteiger partial charge on any atom is 0.338 e. The number of carbonyl (C=O) groups is 2. The van der Waals surface area contributed by atoms with Gasteiger partial charge < -0.3 is 19.7 Å². The van der Waals surface area contributed by atoms with Gasteiger partial charge in [-0.3, -0.25) is 0 Å². The maximum atomic E-state index is 11.8. The van der Waals surface area contributed by atoms with Crippen LogP contribution in [0.2, 0.25) is 0 Å². The second kappa shape index (κ2) is 8.48. The fourth-order valence-corrected chi connectivity index (χ4v) is 3.09. The highest BCUT2D eigenvalue weighted by molar-refractivity contribution is 5.85. The van der Waals surface area contributed by atoms with Crippen LogP contribution < -0.4 is 0 Å². The summed E-state index contributed by atoms with van der Waals surface area (Å²) in [6.45, 7) is 0. The van der Waals surface area contributed by atoms with Gasteiger partial charge in [0.1, 0.15) is 12.2 Å². The summed E-state index contributed by atoms with van der Waals surface area (Å²) in [5, 5.41) is 19.6. The van der Waals surface area contributed by atoms with Crippen LogP contribution in [0.3, 0.4) is 0 Å². The zero-order valence-electron chi connectivity index (χ0n) is 12.9. The molecule has 0 spiro atoms. The molecule has 0 radical (unpaired) electrons. The Hall–Kier alpha value is -1.14. The number of hydrogen-bond acceptors (Lipinski definition) is 6. The first-order valence-corrected chi connectivity index (χ1v) is 8.35. The van der Waals surface area contributed by atoms with Crippen LogP contribution in [0.1, 0.15) is 64.2 Å². The van der Waals surface area contributed by atoms with E-state index in [-0.39, 0.29) is 12.2 Å². The lowest BCUT2D eigenvalue weighted by Crippen LogP contribution is -2.44. The van der Waals surface area contributed by atoms with Gasteiger partial charge in [0.2, 0.25) is 0 Å². The average Bonchev–Trinajstić information content (AvgIpc) is 2.55. The summed E-state index contributed by atoms with van der Waals surface area (Å²) in [4.78, 5) is 23.6. The molecule has 6 heteroatoms. The molecular weight excluding hydrogens is 288 g/mol. The van der Waals surface area contributed by atoms with E-state index in [0.29, 0.717) is 0 Å². The van der Waals surface area contributed by atoms with Crippen molar-refractivity contribution in [1.29, 1.82) is 0 Å². The first kappa shape index (κ1) is 17.2. The fourth-order valence-electron chi connectivity index (χ4n) is 3.09.